The number of nitrogens with one attached hydrogen (secondary N) is 1. The molecule has 2 aliphatic rings. The molecule has 0 bridgehead atoms. The molecule has 1 aromatic rings. The van der Waals surface area contributed by atoms with Crippen LogP contribution in [-0.4, -0.2) is 23.9 Å². The van der Waals surface area contributed by atoms with Gasteiger partial charge < -0.3 is 5.32 Å². The lowest BCUT2D eigenvalue weighted by Crippen LogP contribution is -2.45. The molecule has 1 atom stereocenters. The van der Waals surface area contributed by atoms with E-state index in [0.29, 0.717) is 18.9 Å². The molecule has 5 heteroatoms. The van der Waals surface area contributed by atoms with Crippen molar-refractivity contribution in [3.05, 3.63) is 28.7 Å². The number of hydrogen-bond acceptors (Lipinski definition) is 2. The normalized spacial score (nSPS) is 22.7. The van der Waals surface area contributed by atoms with Gasteiger partial charge in [-0.15, -0.1) is 0 Å². The Morgan fingerprint density at radius 2 is 1.89 bits per heavy atom. The molecule has 1 aliphatic carbocycles. The predicted molar refractivity (Wildman–Crippen MR) is 75.8 cm³/mol. The third-order valence-corrected chi connectivity index (χ3v) is 4.07. The SMILES string of the molecule is O=C(NC1CC1)C1CCC(=O)N1c1ccc(Br)cc1. The van der Waals surface area contributed by atoms with Gasteiger partial charge in [0, 0.05) is 22.6 Å². The Labute approximate surface area is 120 Å². The summed E-state index contributed by atoms with van der Waals surface area (Å²) in [5, 5.41) is 2.99. The van der Waals surface area contributed by atoms with Gasteiger partial charge in [0.1, 0.15) is 6.04 Å². The number of benzene rings is 1. The van der Waals surface area contributed by atoms with Crippen molar-refractivity contribution in [1.29, 1.82) is 0 Å². The van der Waals surface area contributed by atoms with Crippen molar-refractivity contribution in [3.63, 3.8) is 0 Å². The van der Waals surface area contributed by atoms with Gasteiger partial charge in [-0.05, 0) is 43.5 Å². The molecule has 1 aromatic carbocycles. The maximum atomic E-state index is 12.2. The molecule has 0 aromatic heterocycles. The first kappa shape index (κ1) is 12.7. The minimum Gasteiger partial charge on any atom is -0.352 e. The van der Waals surface area contributed by atoms with E-state index in [1.54, 1.807) is 4.90 Å². The first-order valence-corrected chi connectivity index (χ1v) is 7.32. The number of carbonyl (C=O) groups is 2. The molecule has 2 amide bonds. The largest absolute Gasteiger partial charge is 0.352 e. The summed E-state index contributed by atoms with van der Waals surface area (Å²) in [5.41, 5.74) is 0.793. The average molecular weight is 323 g/mol. The molecular formula is C14H15BrN2O2. The van der Waals surface area contributed by atoms with Crippen molar-refractivity contribution >= 4 is 33.4 Å². The van der Waals surface area contributed by atoms with Crippen LogP contribution in [0.1, 0.15) is 25.7 Å². The average Bonchev–Trinajstić information content (AvgIpc) is 3.11. The van der Waals surface area contributed by atoms with E-state index in [1.807, 2.05) is 24.3 Å². The van der Waals surface area contributed by atoms with E-state index in [0.717, 1.165) is 23.0 Å². The summed E-state index contributed by atoms with van der Waals surface area (Å²) in [4.78, 5) is 25.8. The summed E-state index contributed by atoms with van der Waals surface area (Å²) in [5.74, 6) is 0.00883. The van der Waals surface area contributed by atoms with Crippen molar-refractivity contribution < 1.29 is 9.59 Å². The fourth-order valence-corrected chi connectivity index (χ4v) is 2.65. The molecule has 1 saturated heterocycles. The van der Waals surface area contributed by atoms with Gasteiger partial charge in [0.15, 0.2) is 0 Å². The second-order valence-corrected chi connectivity index (χ2v) is 5.99. The Balaban J connectivity index is 1.81. The van der Waals surface area contributed by atoms with Crippen LogP contribution < -0.4 is 10.2 Å². The zero-order valence-electron chi connectivity index (χ0n) is 10.4. The van der Waals surface area contributed by atoms with Crippen LogP contribution in [0.5, 0.6) is 0 Å². The van der Waals surface area contributed by atoms with Crippen molar-refractivity contribution in [2.45, 2.75) is 37.8 Å². The number of nitrogens with zero attached hydrogens (tertiary/aromatic N) is 1. The maximum Gasteiger partial charge on any atom is 0.243 e. The van der Waals surface area contributed by atoms with E-state index in [2.05, 4.69) is 21.2 Å². The van der Waals surface area contributed by atoms with Crippen LogP contribution in [0.2, 0.25) is 0 Å². The quantitative estimate of drug-likeness (QED) is 0.927. The lowest BCUT2D eigenvalue weighted by atomic mass is 10.2. The van der Waals surface area contributed by atoms with Gasteiger partial charge in [-0.1, -0.05) is 15.9 Å². The third-order valence-electron chi connectivity index (χ3n) is 3.54. The summed E-state index contributed by atoms with van der Waals surface area (Å²) >= 11 is 3.37. The molecule has 1 N–H and O–H groups in total. The van der Waals surface area contributed by atoms with E-state index < -0.39 is 0 Å². The lowest BCUT2D eigenvalue weighted by Gasteiger charge is -2.24. The second-order valence-electron chi connectivity index (χ2n) is 5.08. The van der Waals surface area contributed by atoms with Crippen LogP contribution in [0.15, 0.2) is 28.7 Å². The zero-order chi connectivity index (χ0) is 13.4. The van der Waals surface area contributed by atoms with E-state index in [-0.39, 0.29) is 17.9 Å². The summed E-state index contributed by atoms with van der Waals surface area (Å²) in [6.07, 6.45) is 3.17. The molecule has 19 heavy (non-hydrogen) atoms. The lowest BCUT2D eigenvalue weighted by molar-refractivity contribution is -0.124. The molecule has 3 rings (SSSR count). The number of hydrogen-bond donors (Lipinski definition) is 1. The molecule has 1 heterocycles. The van der Waals surface area contributed by atoms with Crippen molar-refractivity contribution in [3.8, 4) is 0 Å². The molecule has 4 nitrogen and oxygen atoms in total. The first-order chi connectivity index (χ1) is 9.15. The number of halogens is 1. The van der Waals surface area contributed by atoms with Crippen LogP contribution in [0.4, 0.5) is 5.69 Å². The topological polar surface area (TPSA) is 49.4 Å². The highest BCUT2D eigenvalue weighted by atomic mass is 79.9. The van der Waals surface area contributed by atoms with E-state index in [9.17, 15) is 9.59 Å². The molecule has 0 radical (unpaired) electrons. The smallest absolute Gasteiger partial charge is 0.243 e. The molecular weight excluding hydrogens is 308 g/mol. The van der Waals surface area contributed by atoms with Crippen LogP contribution >= 0.6 is 15.9 Å². The fourth-order valence-electron chi connectivity index (χ4n) is 2.38. The van der Waals surface area contributed by atoms with Crippen molar-refractivity contribution in [2.75, 3.05) is 4.90 Å². The molecule has 100 valence electrons. The molecule has 2 fully saturated rings. The molecule has 1 saturated carbocycles. The Morgan fingerprint density at radius 1 is 1.21 bits per heavy atom. The van der Waals surface area contributed by atoms with Gasteiger partial charge in [0.2, 0.25) is 11.8 Å². The van der Waals surface area contributed by atoms with Gasteiger partial charge in [-0.3, -0.25) is 14.5 Å². The monoisotopic (exact) mass is 322 g/mol. The Kier molecular flexibility index (Phi) is 3.31. The maximum absolute atomic E-state index is 12.2. The Hall–Kier alpha value is -1.36. The van der Waals surface area contributed by atoms with Crippen LogP contribution in [0.25, 0.3) is 0 Å². The number of rotatable bonds is 3. The standard InChI is InChI=1S/C14H15BrN2O2/c15-9-1-5-11(6-2-9)17-12(7-8-13(17)18)14(19)16-10-3-4-10/h1-2,5-6,10,12H,3-4,7-8H2,(H,16,19). The highest BCUT2D eigenvalue weighted by Crippen LogP contribution is 2.29. The van der Waals surface area contributed by atoms with Gasteiger partial charge in [-0.25, -0.2) is 0 Å². The predicted octanol–water partition coefficient (Wildman–Crippen LogP) is 2.22. The van der Waals surface area contributed by atoms with Crippen molar-refractivity contribution in [1.82, 2.24) is 5.32 Å². The minimum absolute atomic E-state index is 0.0173. The number of carbonyl (C=O) groups excluding carboxylic acids is 2. The van der Waals surface area contributed by atoms with Gasteiger partial charge in [0.05, 0.1) is 0 Å². The highest BCUT2D eigenvalue weighted by Gasteiger charge is 2.38. The summed E-state index contributed by atoms with van der Waals surface area (Å²) < 4.78 is 0.960. The van der Waals surface area contributed by atoms with E-state index >= 15 is 0 Å². The number of anilines is 1. The Morgan fingerprint density at radius 3 is 2.53 bits per heavy atom. The molecule has 1 aliphatic heterocycles. The van der Waals surface area contributed by atoms with Crippen molar-refractivity contribution in [2.24, 2.45) is 0 Å². The Bertz CT molecular complexity index is 511. The summed E-state index contributed by atoms with van der Waals surface area (Å²) in [6, 6.07) is 7.48. The first-order valence-electron chi connectivity index (χ1n) is 6.53. The highest BCUT2D eigenvalue weighted by molar-refractivity contribution is 9.10. The van der Waals surface area contributed by atoms with Gasteiger partial charge in [0.25, 0.3) is 0 Å². The van der Waals surface area contributed by atoms with E-state index in [4.69, 9.17) is 0 Å². The summed E-state index contributed by atoms with van der Waals surface area (Å²) in [7, 11) is 0. The van der Waals surface area contributed by atoms with Gasteiger partial charge in [-0.2, -0.15) is 0 Å². The fraction of sp³-hybridized carbons (Fsp3) is 0.429. The van der Waals surface area contributed by atoms with Crippen LogP contribution in [0, 0.1) is 0 Å². The second kappa shape index (κ2) is 4.96. The number of amides is 2. The van der Waals surface area contributed by atoms with Crippen LogP contribution in [-0.2, 0) is 9.59 Å². The van der Waals surface area contributed by atoms with Crippen LogP contribution in [0.3, 0.4) is 0 Å². The minimum atomic E-state index is -0.353. The summed E-state index contributed by atoms with van der Waals surface area (Å²) in [6.45, 7) is 0. The third kappa shape index (κ3) is 2.66. The molecule has 0 spiro atoms. The zero-order valence-corrected chi connectivity index (χ0v) is 12.0. The van der Waals surface area contributed by atoms with Gasteiger partial charge >= 0.3 is 0 Å². The molecule has 1 unspecified atom stereocenters. The van der Waals surface area contributed by atoms with E-state index in [1.165, 1.54) is 0 Å².